The predicted molar refractivity (Wildman–Crippen MR) is 58.1 cm³/mol. The molecule has 1 rings (SSSR count). The predicted octanol–water partition coefficient (Wildman–Crippen LogP) is 2.06. The maximum absolute atomic E-state index is 5.56. The standard InChI is InChI=1S/C11H18N2/c1-8-5-4-6-9(2)11(8)13-10(3)7-12/h4-6,10,13H,7,12H2,1-3H3. The molecule has 0 aliphatic carbocycles. The monoisotopic (exact) mass is 178 g/mol. The third-order valence-electron chi connectivity index (χ3n) is 2.23. The number of anilines is 1. The second-order valence-electron chi connectivity index (χ2n) is 3.55. The fraction of sp³-hybridized carbons (Fsp3) is 0.455. The van der Waals surface area contributed by atoms with E-state index in [9.17, 15) is 0 Å². The first-order valence-electron chi connectivity index (χ1n) is 4.68. The van der Waals surface area contributed by atoms with Crippen molar-refractivity contribution in [2.24, 2.45) is 5.73 Å². The van der Waals surface area contributed by atoms with Crippen LogP contribution in [0.3, 0.4) is 0 Å². The Kier molecular flexibility index (Phi) is 3.32. The molecule has 0 heterocycles. The Labute approximate surface area is 80.1 Å². The normalized spacial score (nSPS) is 12.6. The molecule has 1 atom stereocenters. The summed E-state index contributed by atoms with van der Waals surface area (Å²) in [5.74, 6) is 0. The van der Waals surface area contributed by atoms with Crippen molar-refractivity contribution in [2.45, 2.75) is 26.8 Å². The van der Waals surface area contributed by atoms with E-state index in [-0.39, 0.29) is 0 Å². The van der Waals surface area contributed by atoms with E-state index in [4.69, 9.17) is 5.73 Å². The summed E-state index contributed by atoms with van der Waals surface area (Å²) >= 11 is 0. The molecule has 0 radical (unpaired) electrons. The molecule has 1 aromatic carbocycles. The van der Waals surface area contributed by atoms with E-state index < -0.39 is 0 Å². The number of nitrogens with two attached hydrogens (primary N) is 1. The second kappa shape index (κ2) is 4.28. The van der Waals surface area contributed by atoms with Gasteiger partial charge in [-0.25, -0.2) is 0 Å². The maximum atomic E-state index is 5.56. The van der Waals surface area contributed by atoms with Crippen molar-refractivity contribution in [3.05, 3.63) is 29.3 Å². The lowest BCUT2D eigenvalue weighted by Crippen LogP contribution is -2.25. The molecule has 0 aliphatic rings. The van der Waals surface area contributed by atoms with Crippen molar-refractivity contribution in [2.75, 3.05) is 11.9 Å². The van der Waals surface area contributed by atoms with Gasteiger partial charge in [0.25, 0.3) is 0 Å². The van der Waals surface area contributed by atoms with Gasteiger partial charge in [-0.2, -0.15) is 0 Å². The molecule has 0 aliphatic heterocycles. The summed E-state index contributed by atoms with van der Waals surface area (Å²) in [6, 6.07) is 6.62. The van der Waals surface area contributed by atoms with Crippen molar-refractivity contribution >= 4 is 5.69 Å². The van der Waals surface area contributed by atoms with Gasteiger partial charge in [-0.1, -0.05) is 18.2 Å². The van der Waals surface area contributed by atoms with Gasteiger partial charge in [0.2, 0.25) is 0 Å². The highest BCUT2D eigenvalue weighted by molar-refractivity contribution is 5.57. The first-order chi connectivity index (χ1) is 6.15. The summed E-state index contributed by atoms with van der Waals surface area (Å²) < 4.78 is 0. The van der Waals surface area contributed by atoms with Crippen LogP contribution in [-0.2, 0) is 0 Å². The average molecular weight is 178 g/mol. The lowest BCUT2D eigenvalue weighted by atomic mass is 10.1. The highest BCUT2D eigenvalue weighted by atomic mass is 14.9. The smallest absolute Gasteiger partial charge is 0.0402 e. The van der Waals surface area contributed by atoms with Crippen LogP contribution in [0.5, 0.6) is 0 Å². The van der Waals surface area contributed by atoms with Gasteiger partial charge in [0.1, 0.15) is 0 Å². The lowest BCUT2D eigenvalue weighted by Gasteiger charge is -2.17. The zero-order valence-corrected chi connectivity index (χ0v) is 8.59. The van der Waals surface area contributed by atoms with Gasteiger partial charge in [-0.15, -0.1) is 0 Å². The molecule has 0 fully saturated rings. The molecule has 72 valence electrons. The van der Waals surface area contributed by atoms with Gasteiger partial charge >= 0.3 is 0 Å². The number of hydrogen-bond acceptors (Lipinski definition) is 2. The summed E-state index contributed by atoms with van der Waals surface area (Å²) in [4.78, 5) is 0. The first kappa shape index (κ1) is 10.1. The van der Waals surface area contributed by atoms with E-state index >= 15 is 0 Å². The van der Waals surface area contributed by atoms with Gasteiger partial charge in [-0.05, 0) is 31.9 Å². The molecular weight excluding hydrogens is 160 g/mol. The topological polar surface area (TPSA) is 38.0 Å². The van der Waals surface area contributed by atoms with Crippen molar-refractivity contribution in [3.8, 4) is 0 Å². The zero-order valence-electron chi connectivity index (χ0n) is 8.59. The Hall–Kier alpha value is -1.02. The van der Waals surface area contributed by atoms with Gasteiger partial charge in [0.05, 0.1) is 0 Å². The summed E-state index contributed by atoms with van der Waals surface area (Å²) in [5, 5.41) is 3.40. The number of benzene rings is 1. The van der Waals surface area contributed by atoms with Gasteiger partial charge < -0.3 is 11.1 Å². The SMILES string of the molecule is Cc1cccc(C)c1NC(C)CN. The van der Waals surface area contributed by atoms with Crippen LogP contribution in [0, 0.1) is 13.8 Å². The van der Waals surface area contributed by atoms with Crippen molar-refractivity contribution in [1.82, 2.24) is 0 Å². The zero-order chi connectivity index (χ0) is 9.84. The van der Waals surface area contributed by atoms with Crippen LogP contribution in [0.1, 0.15) is 18.1 Å². The van der Waals surface area contributed by atoms with E-state index in [1.807, 2.05) is 0 Å². The Bertz CT molecular complexity index is 261. The Morgan fingerprint density at radius 1 is 1.31 bits per heavy atom. The molecule has 0 saturated heterocycles. The van der Waals surface area contributed by atoms with Crippen molar-refractivity contribution in [1.29, 1.82) is 0 Å². The highest BCUT2D eigenvalue weighted by Gasteiger charge is 2.04. The molecule has 1 aromatic rings. The summed E-state index contributed by atoms with van der Waals surface area (Å²) in [6.07, 6.45) is 0. The number of hydrogen-bond donors (Lipinski definition) is 2. The number of para-hydroxylation sites is 1. The largest absolute Gasteiger partial charge is 0.381 e. The molecular formula is C11H18N2. The van der Waals surface area contributed by atoms with Gasteiger partial charge in [0.15, 0.2) is 0 Å². The lowest BCUT2D eigenvalue weighted by molar-refractivity contribution is 0.801. The molecule has 2 nitrogen and oxygen atoms in total. The van der Waals surface area contributed by atoms with Gasteiger partial charge in [-0.3, -0.25) is 0 Å². The van der Waals surface area contributed by atoms with E-state index in [1.54, 1.807) is 0 Å². The first-order valence-corrected chi connectivity index (χ1v) is 4.68. The van der Waals surface area contributed by atoms with Crippen molar-refractivity contribution < 1.29 is 0 Å². The molecule has 0 bridgehead atoms. The number of nitrogens with one attached hydrogen (secondary N) is 1. The van der Waals surface area contributed by atoms with E-state index in [2.05, 4.69) is 44.3 Å². The van der Waals surface area contributed by atoms with Crippen LogP contribution >= 0.6 is 0 Å². The molecule has 3 N–H and O–H groups in total. The summed E-state index contributed by atoms with van der Waals surface area (Å²) in [5.41, 5.74) is 9.34. The quantitative estimate of drug-likeness (QED) is 0.743. The number of rotatable bonds is 3. The maximum Gasteiger partial charge on any atom is 0.0402 e. The van der Waals surface area contributed by atoms with E-state index in [0.717, 1.165) is 0 Å². The third-order valence-corrected chi connectivity index (χ3v) is 2.23. The fourth-order valence-corrected chi connectivity index (χ4v) is 1.35. The summed E-state index contributed by atoms with van der Waals surface area (Å²) in [6.45, 7) is 6.97. The van der Waals surface area contributed by atoms with Crippen LogP contribution in [0.25, 0.3) is 0 Å². The highest BCUT2D eigenvalue weighted by Crippen LogP contribution is 2.19. The Morgan fingerprint density at radius 2 is 1.85 bits per heavy atom. The second-order valence-corrected chi connectivity index (χ2v) is 3.55. The van der Waals surface area contributed by atoms with Crippen molar-refractivity contribution in [3.63, 3.8) is 0 Å². The Morgan fingerprint density at radius 3 is 2.31 bits per heavy atom. The van der Waals surface area contributed by atoms with Crippen LogP contribution in [0.4, 0.5) is 5.69 Å². The molecule has 2 heteroatoms. The summed E-state index contributed by atoms with van der Waals surface area (Å²) in [7, 11) is 0. The van der Waals surface area contributed by atoms with Gasteiger partial charge in [0, 0.05) is 18.3 Å². The fourth-order valence-electron chi connectivity index (χ4n) is 1.35. The Balaban J connectivity index is 2.87. The molecule has 0 amide bonds. The molecule has 13 heavy (non-hydrogen) atoms. The molecule has 1 unspecified atom stereocenters. The third kappa shape index (κ3) is 2.46. The minimum atomic E-state index is 0.333. The van der Waals surface area contributed by atoms with Crippen LogP contribution < -0.4 is 11.1 Å². The van der Waals surface area contributed by atoms with Crippen LogP contribution in [-0.4, -0.2) is 12.6 Å². The number of aryl methyl sites for hydroxylation is 2. The minimum Gasteiger partial charge on any atom is -0.381 e. The molecule has 0 aromatic heterocycles. The molecule has 0 spiro atoms. The average Bonchev–Trinajstić information content (AvgIpc) is 2.11. The van der Waals surface area contributed by atoms with Crippen LogP contribution in [0.15, 0.2) is 18.2 Å². The molecule has 0 saturated carbocycles. The van der Waals surface area contributed by atoms with E-state index in [1.165, 1.54) is 16.8 Å². The minimum absolute atomic E-state index is 0.333. The van der Waals surface area contributed by atoms with E-state index in [0.29, 0.717) is 12.6 Å². The van der Waals surface area contributed by atoms with Crippen LogP contribution in [0.2, 0.25) is 0 Å².